The summed E-state index contributed by atoms with van der Waals surface area (Å²) in [6, 6.07) is 17.2. The van der Waals surface area contributed by atoms with Gasteiger partial charge in [-0.15, -0.1) is 10.2 Å². The minimum absolute atomic E-state index is 0.0597. The highest BCUT2D eigenvalue weighted by Crippen LogP contribution is 2.48. The van der Waals surface area contributed by atoms with Crippen molar-refractivity contribution in [3.05, 3.63) is 65.4 Å². The van der Waals surface area contributed by atoms with Crippen LogP contribution in [0.4, 0.5) is 28.3 Å². The zero-order valence-electron chi connectivity index (χ0n) is 39.9. The lowest BCUT2D eigenvalue weighted by molar-refractivity contribution is 0.161. The second-order valence-corrected chi connectivity index (χ2v) is 23.4. The summed E-state index contributed by atoms with van der Waals surface area (Å²) in [6.07, 6.45) is 8.37. The largest absolute Gasteiger partial charge is 0.365 e. The van der Waals surface area contributed by atoms with E-state index in [1.165, 1.54) is 34.8 Å². The molecular weight excluding hydrogens is 885 g/mol. The molecule has 2 aliphatic rings. The number of anilines is 3. The van der Waals surface area contributed by atoms with Crippen LogP contribution in [0.25, 0.3) is 25.6 Å². The molecule has 16 heteroatoms. The Morgan fingerprint density at radius 3 is 2.06 bits per heavy atom. The van der Waals surface area contributed by atoms with Crippen molar-refractivity contribution in [2.24, 2.45) is 45.7 Å². The molecule has 6 aromatic rings. The van der Waals surface area contributed by atoms with Crippen molar-refractivity contribution >= 4 is 81.5 Å². The maximum atomic E-state index is 12.3. The van der Waals surface area contributed by atoms with E-state index in [-0.39, 0.29) is 17.0 Å². The van der Waals surface area contributed by atoms with Gasteiger partial charge in [0.05, 0.1) is 31.0 Å². The molecule has 66 heavy (non-hydrogen) atoms. The van der Waals surface area contributed by atoms with Gasteiger partial charge < -0.3 is 5.32 Å². The molecule has 0 amide bonds. The number of pyridine rings is 1. The third kappa shape index (κ3) is 9.37. The van der Waals surface area contributed by atoms with Crippen LogP contribution in [0.2, 0.25) is 0 Å². The van der Waals surface area contributed by atoms with Crippen LogP contribution in [0, 0.1) is 53.8 Å². The van der Waals surface area contributed by atoms with Gasteiger partial charge in [0.15, 0.2) is 16.8 Å². The summed E-state index contributed by atoms with van der Waals surface area (Å²) in [7, 11) is -4.42. The van der Waals surface area contributed by atoms with Gasteiger partial charge in [0, 0.05) is 17.5 Å². The number of rotatable bonds is 13. The summed E-state index contributed by atoms with van der Waals surface area (Å²) in [4.78, 5) is 17.9. The highest BCUT2D eigenvalue weighted by Gasteiger charge is 2.42. The summed E-state index contributed by atoms with van der Waals surface area (Å²) in [5, 5.41) is 31.2. The fourth-order valence-corrected chi connectivity index (χ4v) is 13.5. The lowest BCUT2D eigenvalue weighted by Crippen LogP contribution is -2.47. The summed E-state index contributed by atoms with van der Waals surface area (Å²) < 4.78 is 37.9. The van der Waals surface area contributed by atoms with Gasteiger partial charge >= 0.3 is 0 Å². The van der Waals surface area contributed by atoms with Crippen LogP contribution in [0.1, 0.15) is 131 Å². The first-order valence-corrected chi connectivity index (χ1v) is 26.8. The van der Waals surface area contributed by atoms with Crippen LogP contribution in [-0.4, -0.2) is 49.8 Å². The zero-order valence-corrected chi connectivity index (χ0v) is 42.4. The molecule has 8 rings (SSSR count). The molecule has 2 aromatic carbocycles. The Morgan fingerprint density at radius 2 is 1.47 bits per heavy atom. The number of aromatic nitrogens is 5. The van der Waals surface area contributed by atoms with Crippen molar-refractivity contribution in [2.75, 3.05) is 10.2 Å². The number of nitrogens with one attached hydrogen (secondary N) is 1. The van der Waals surface area contributed by atoms with Crippen LogP contribution >= 0.6 is 22.7 Å². The molecular formula is C50H64N10O3S3. The van der Waals surface area contributed by atoms with E-state index in [0.29, 0.717) is 79.4 Å². The van der Waals surface area contributed by atoms with E-state index in [2.05, 4.69) is 63.9 Å². The van der Waals surface area contributed by atoms with Gasteiger partial charge in [-0.05, 0) is 110 Å². The Bertz CT molecular complexity index is 2850. The highest BCUT2D eigenvalue weighted by molar-refractivity contribution is 7.85. The summed E-state index contributed by atoms with van der Waals surface area (Å²) in [5.41, 5.74) is 3.42. The quantitative estimate of drug-likeness (QED) is 0.0837. The lowest BCUT2D eigenvalue weighted by Gasteiger charge is -2.46. The molecule has 2 N–H and O–H groups in total. The fraction of sp³-hybridized carbons (Fsp3) is 0.540. The molecule has 0 aliphatic heterocycles. The molecule has 0 spiro atoms. The van der Waals surface area contributed by atoms with Gasteiger partial charge in [-0.25, -0.2) is 15.0 Å². The summed E-state index contributed by atoms with van der Waals surface area (Å²) >= 11 is 2.91. The standard InChI is InChI=1S/C50H64N10O3S3/c1-11-31-21-28(5)22-32(12-2)43(31)55-46-42(56-57-47-36(27-51)45(50(8,9)10)58-60(47)49-53-37-17-15-16-18-39(37)64-49)30(7)25-41(54-46)59(44-33(13-3)23-29(6)24-34(44)14-4)48-52-38-20-19-35(66(61,62)63)26-40(38)65-48/h15-20,25-26,28-29,31-34,43-44H,11-14,21-24H2,1-10H3,(H,54,55)(H,61,62,63)/t28?,29?,31-,32-,33-,34-,43?,44?/m0/s1. The van der Waals surface area contributed by atoms with Crippen molar-refractivity contribution in [1.82, 2.24) is 24.7 Å². The first kappa shape index (κ1) is 47.7. The molecule has 350 valence electrons. The molecule has 4 aromatic heterocycles. The third-order valence-electron chi connectivity index (χ3n) is 14.2. The van der Waals surface area contributed by atoms with Crippen LogP contribution in [-0.2, 0) is 15.5 Å². The number of benzene rings is 2. The van der Waals surface area contributed by atoms with Crippen molar-refractivity contribution < 1.29 is 13.0 Å². The van der Waals surface area contributed by atoms with Crippen LogP contribution in [0.15, 0.2) is 63.7 Å². The maximum absolute atomic E-state index is 12.3. The summed E-state index contributed by atoms with van der Waals surface area (Å²) in [5.74, 6) is 4.37. The third-order valence-corrected chi connectivity index (χ3v) is 17.0. The van der Waals surface area contributed by atoms with Crippen molar-refractivity contribution in [3.8, 4) is 11.2 Å². The van der Waals surface area contributed by atoms with Crippen LogP contribution in [0.3, 0.4) is 0 Å². The Morgan fingerprint density at radius 1 is 0.848 bits per heavy atom. The molecule has 2 fully saturated rings. The summed E-state index contributed by atoms with van der Waals surface area (Å²) in [6.45, 7) is 22.0. The number of nitriles is 1. The average molecular weight is 949 g/mol. The van der Waals surface area contributed by atoms with Crippen molar-refractivity contribution in [3.63, 3.8) is 0 Å². The predicted octanol–water partition coefficient (Wildman–Crippen LogP) is 13.9. The lowest BCUT2D eigenvalue weighted by atomic mass is 9.69. The number of hydrogen-bond donors (Lipinski definition) is 2. The van der Waals surface area contributed by atoms with E-state index >= 15 is 0 Å². The first-order chi connectivity index (χ1) is 31.5. The van der Waals surface area contributed by atoms with E-state index in [0.717, 1.165) is 78.1 Å². The number of thiazole rings is 2. The molecule has 0 saturated heterocycles. The number of azo groups is 1. The Hall–Kier alpha value is -4.82. The number of nitrogens with zero attached hydrogens (tertiary/aromatic N) is 9. The van der Waals surface area contributed by atoms with Crippen LogP contribution < -0.4 is 10.2 Å². The molecule has 2 aliphatic carbocycles. The minimum Gasteiger partial charge on any atom is -0.365 e. The molecule has 4 atom stereocenters. The normalized spacial score (nSPS) is 24.0. The molecule has 0 bridgehead atoms. The second kappa shape index (κ2) is 19.1. The Balaban J connectivity index is 1.35. The average Bonchev–Trinajstić information content (AvgIpc) is 4.01. The predicted molar refractivity (Wildman–Crippen MR) is 268 cm³/mol. The zero-order chi connectivity index (χ0) is 47.2. The SMILES string of the molecule is CC[C@H]1CC(C)C[C@H](CC)C1Nc1nc(N(c2nc3ccc(S(=O)(=O)O)cc3s2)C2[C@@H](CC)CC(C)C[C@@H]2CC)cc(C)c1N=Nc1c(C#N)c(C(C)(C)C)nn1-c1nc2ccccc2s1. The van der Waals surface area contributed by atoms with E-state index in [9.17, 15) is 18.2 Å². The molecule has 0 radical (unpaired) electrons. The number of para-hydroxylation sites is 1. The smallest absolute Gasteiger partial charge is 0.294 e. The molecule has 2 saturated carbocycles. The Kier molecular flexibility index (Phi) is 13.8. The van der Waals surface area contributed by atoms with Gasteiger partial charge in [0.2, 0.25) is 5.13 Å². The van der Waals surface area contributed by atoms with Gasteiger partial charge in [0.25, 0.3) is 10.1 Å². The van der Waals surface area contributed by atoms with Gasteiger partial charge in [-0.1, -0.05) is 123 Å². The number of aryl methyl sites for hydroxylation is 1. The Labute approximate surface area is 397 Å². The number of fused-ring (bicyclic) bond motifs is 2. The maximum Gasteiger partial charge on any atom is 0.294 e. The number of hydrogen-bond acceptors (Lipinski definition) is 13. The molecule has 0 unspecified atom stereocenters. The minimum atomic E-state index is -4.42. The molecule has 4 heterocycles. The van der Waals surface area contributed by atoms with Crippen LogP contribution in [0.5, 0.6) is 0 Å². The highest BCUT2D eigenvalue weighted by atomic mass is 32.2. The topological polar surface area (TPSA) is 175 Å². The van der Waals surface area contributed by atoms with Crippen molar-refractivity contribution in [2.45, 2.75) is 143 Å². The molecule has 13 nitrogen and oxygen atoms in total. The van der Waals surface area contributed by atoms with E-state index in [1.54, 1.807) is 10.7 Å². The fourth-order valence-electron chi connectivity index (χ4n) is 10.9. The van der Waals surface area contributed by atoms with E-state index in [4.69, 9.17) is 30.3 Å². The first-order valence-electron chi connectivity index (χ1n) is 23.7. The van der Waals surface area contributed by atoms with Crippen molar-refractivity contribution in [1.29, 1.82) is 5.26 Å². The second-order valence-electron chi connectivity index (χ2n) is 19.9. The van der Waals surface area contributed by atoms with E-state index < -0.39 is 15.5 Å². The van der Waals surface area contributed by atoms with Gasteiger partial charge in [0.1, 0.15) is 23.1 Å². The van der Waals surface area contributed by atoms with Gasteiger partial charge in [-0.3, -0.25) is 9.45 Å². The monoisotopic (exact) mass is 948 g/mol. The van der Waals surface area contributed by atoms with E-state index in [1.807, 2.05) is 52.0 Å². The van der Waals surface area contributed by atoms with Gasteiger partial charge in [-0.2, -0.15) is 23.5 Å².